The van der Waals surface area contributed by atoms with Gasteiger partial charge in [-0.1, -0.05) is 24.1 Å². The summed E-state index contributed by atoms with van der Waals surface area (Å²) in [6.07, 6.45) is 4.57. The molecule has 20 heavy (non-hydrogen) atoms. The largest absolute Gasteiger partial charge is 0.491 e. The van der Waals surface area contributed by atoms with Crippen LogP contribution in [0.15, 0.2) is 18.2 Å². The van der Waals surface area contributed by atoms with Crippen LogP contribution in [0.25, 0.3) is 0 Å². The van der Waals surface area contributed by atoms with Gasteiger partial charge in [-0.05, 0) is 45.0 Å². The fourth-order valence-electron chi connectivity index (χ4n) is 2.63. The molecule has 110 valence electrons. The van der Waals surface area contributed by atoms with Crippen LogP contribution in [0.1, 0.15) is 36.0 Å². The Morgan fingerprint density at radius 3 is 3.00 bits per heavy atom. The summed E-state index contributed by atoms with van der Waals surface area (Å²) in [5, 5.41) is 9.48. The van der Waals surface area contributed by atoms with Gasteiger partial charge in [0.1, 0.15) is 5.56 Å². The highest BCUT2D eigenvalue weighted by atomic mass is 35.5. The number of hydrogen-bond acceptors (Lipinski definition) is 3. The SMILES string of the molecule is CN1CCCCC1CCOc1c(Cl)cccc1C(=O)O. The fraction of sp³-hybridized carbons (Fsp3) is 0.533. The predicted octanol–water partition coefficient (Wildman–Crippen LogP) is 3.29. The molecule has 5 heteroatoms. The number of para-hydroxylation sites is 1. The van der Waals surface area contributed by atoms with E-state index in [4.69, 9.17) is 21.4 Å². The lowest BCUT2D eigenvalue weighted by Gasteiger charge is -2.32. The van der Waals surface area contributed by atoms with Crippen molar-refractivity contribution < 1.29 is 14.6 Å². The molecule has 1 aromatic carbocycles. The van der Waals surface area contributed by atoms with Crippen LogP contribution in [0.5, 0.6) is 5.75 Å². The lowest BCUT2D eigenvalue weighted by molar-refractivity contribution is 0.0691. The molecule has 1 aliphatic heterocycles. The number of carboxylic acid groups (broad SMARTS) is 1. The van der Waals surface area contributed by atoms with Gasteiger partial charge in [-0.3, -0.25) is 0 Å². The van der Waals surface area contributed by atoms with Gasteiger partial charge in [0.25, 0.3) is 0 Å². The Morgan fingerprint density at radius 1 is 1.50 bits per heavy atom. The van der Waals surface area contributed by atoms with Gasteiger partial charge in [-0.25, -0.2) is 4.79 Å². The number of ether oxygens (including phenoxy) is 1. The number of rotatable bonds is 5. The van der Waals surface area contributed by atoms with Gasteiger partial charge in [-0.15, -0.1) is 0 Å². The predicted molar refractivity (Wildman–Crippen MR) is 78.8 cm³/mol. The van der Waals surface area contributed by atoms with Crippen molar-refractivity contribution >= 4 is 17.6 Å². The standard InChI is InChI=1S/C15H20ClNO3/c1-17-9-3-2-5-11(17)8-10-20-14-12(15(18)19)6-4-7-13(14)16/h4,6-7,11H,2-3,5,8-10H2,1H3,(H,18,19). The summed E-state index contributed by atoms with van der Waals surface area (Å²) in [5.41, 5.74) is 0.120. The van der Waals surface area contributed by atoms with Crippen LogP contribution in [0.4, 0.5) is 0 Å². The summed E-state index contributed by atoms with van der Waals surface area (Å²) in [7, 11) is 2.13. The van der Waals surface area contributed by atoms with Crippen LogP contribution in [0.2, 0.25) is 5.02 Å². The third-order valence-corrected chi connectivity index (χ3v) is 4.11. The van der Waals surface area contributed by atoms with Crippen molar-refractivity contribution in [3.63, 3.8) is 0 Å². The first-order valence-corrected chi connectivity index (χ1v) is 7.32. The monoisotopic (exact) mass is 297 g/mol. The zero-order valence-electron chi connectivity index (χ0n) is 11.6. The Kier molecular flexibility index (Phi) is 5.26. The summed E-state index contributed by atoms with van der Waals surface area (Å²) in [6, 6.07) is 5.29. The second-order valence-corrected chi connectivity index (χ2v) is 5.60. The maximum Gasteiger partial charge on any atom is 0.339 e. The second-order valence-electron chi connectivity index (χ2n) is 5.19. The van der Waals surface area contributed by atoms with E-state index in [0.717, 1.165) is 13.0 Å². The van der Waals surface area contributed by atoms with Gasteiger partial charge < -0.3 is 14.7 Å². The Hall–Kier alpha value is -1.26. The summed E-state index contributed by atoms with van der Waals surface area (Å²) in [4.78, 5) is 13.5. The maximum atomic E-state index is 11.1. The minimum Gasteiger partial charge on any atom is -0.491 e. The second kappa shape index (κ2) is 6.95. The molecule has 0 saturated carbocycles. The van der Waals surface area contributed by atoms with E-state index in [1.54, 1.807) is 12.1 Å². The van der Waals surface area contributed by atoms with Gasteiger partial charge in [0.05, 0.1) is 11.6 Å². The molecule has 1 aliphatic rings. The highest BCUT2D eigenvalue weighted by molar-refractivity contribution is 6.32. The molecule has 1 aromatic rings. The zero-order chi connectivity index (χ0) is 14.5. The van der Waals surface area contributed by atoms with Crippen molar-refractivity contribution in [3.8, 4) is 5.75 Å². The number of likely N-dealkylation sites (tertiary alicyclic amines) is 1. The summed E-state index contributed by atoms with van der Waals surface area (Å²) in [6.45, 7) is 1.61. The van der Waals surface area contributed by atoms with Crippen molar-refractivity contribution in [1.29, 1.82) is 0 Å². The van der Waals surface area contributed by atoms with Crippen molar-refractivity contribution in [2.45, 2.75) is 31.7 Å². The summed E-state index contributed by atoms with van der Waals surface area (Å²) in [5.74, 6) is -0.739. The van der Waals surface area contributed by atoms with E-state index < -0.39 is 5.97 Å². The molecule has 1 saturated heterocycles. The van der Waals surface area contributed by atoms with E-state index in [9.17, 15) is 4.79 Å². The Labute approximate surface area is 124 Å². The van der Waals surface area contributed by atoms with Crippen LogP contribution in [-0.2, 0) is 0 Å². The number of aromatic carboxylic acids is 1. The molecule has 1 N–H and O–H groups in total. The smallest absolute Gasteiger partial charge is 0.339 e. The van der Waals surface area contributed by atoms with Crippen LogP contribution in [-0.4, -0.2) is 42.2 Å². The van der Waals surface area contributed by atoms with E-state index in [2.05, 4.69) is 11.9 Å². The summed E-state index contributed by atoms with van der Waals surface area (Å²) >= 11 is 6.02. The van der Waals surface area contributed by atoms with Crippen molar-refractivity contribution in [3.05, 3.63) is 28.8 Å². The van der Waals surface area contributed by atoms with E-state index in [1.807, 2.05) is 0 Å². The quantitative estimate of drug-likeness (QED) is 0.906. The molecule has 0 aromatic heterocycles. The van der Waals surface area contributed by atoms with Crippen molar-refractivity contribution in [2.75, 3.05) is 20.2 Å². The fourth-order valence-corrected chi connectivity index (χ4v) is 2.86. The molecule has 4 nitrogen and oxygen atoms in total. The van der Waals surface area contributed by atoms with Crippen LogP contribution in [0.3, 0.4) is 0 Å². The number of piperidine rings is 1. The van der Waals surface area contributed by atoms with Crippen LogP contribution in [0, 0.1) is 0 Å². The first-order chi connectivity index (χ1) is 9.59. The lowest BCUT2D eigenvalue weighted by Crippen LogP contribution is -2.37. The minimum absolute atomic E-state index is 0.120. The van der Waals surface area contributed by atoms with Gasteiger partial charge in [0.15, 0.2) is 5.75 Å². The normalized spacial score (nSPS) is 19.8. The minimum atomic E-state index is -1.02. The molecule has 0 aliphatic carbocycles. The lowest BCUT2D eigenvalue weighted by atomic mass is 10.0. The summed E-state index contributed by atoms with van der Waals surface area (Å²) < 4.78 is 5.64. The topological polar surface area (TPSA) is 49.8 Å². The number of halogens is 1. The number of hydrogen-bond donors (Lipinski definition) is 1. The first-order valence-electron chi connectivity index (χ1n) is 6.94. The molecule has 0 bridgehead atoms. The molecule has 0 spiro atoms. The van der Waals surface area contributed by atoms with Crippen molar-refractivity contribution in [1.82, 2.24) is 4.90 Å². The molecule has 1 fully saturated rings. The van der Waals surface area contributed by atoms with E-state index >= 15 is 0 Å². The first kappa shape index (κ1) is 15.1. The van der Waals surface area contributed by atoms with Crippen molar-refractivity contribution in [2.24, 2.45) is 0 Å². The van der Waals surface area contributed by atoms with Gasteiger partial charge in [0.2, 0.25) is 0 Å². The van der Waals surface area contributed by atoms with Crippen LogP contribution < -0.4 is 4.74 Å². The number of carboxylic acids is 1. The van der Waals surface area contributed by atoms with Gasteiger partial charge in [0, 0.05) is 6.04 Å². The Bertz CT molecular complexity index is 478. The highest BCUT2D eigenvalue weighted by Gasteiger charge is 2.20. The number of benzene rings is 1. The molecule has 1 heterocycles. The van der Waals surface area contributed by atoms with Gasteiger partial charge >= 0.3 is 5.97 Å². The van der Waals surface area contributed by atoms with Gasteiger partial charge in [-0.2, -0.15) is 0 Å². The molecule has 0 amide bonds. The molecule has 1 atom stereocenters. The third kappa shape index (κ3) is 3.64. The van der Waals surface area contributed by atoms with E-state index in [1.165, 1.54) is 25.3 Å². The van der Waals surface area contributed by atoms with E-state index in [-0.39, 0.29) is 11.3 Å². The molecule has 0 radical (unpaired) electrons. The maximum absolute atomic E-state index is 11.1. The highest BCUT2D eigenvalue weighted by Crippen LogP contribution is 2.29. The van der Waals surface area contributed by atoms with Crippen LogP contribution >= 0.6 is 11.6 Å². The molecule has 1 unspecified atom stereocenters. The zero-order valence-corrected chi connectivity index (χ0v) is 12.4. The molecule has 2 rings (SSSR count). The third-order valence-electron chi connectivity index (χ3n) is 3.82. The number of carbonyl (C=O) groups is 1. The Balaban J connectivity index is 1.95. The Morgan fingerprint density at radius 2 is 2.30 bits per heavy atom. The molecular weight excluding hydrogens is 278 g/mol. The van der Waals surface area contributed by atoms with E-state index in [0.29, 0.717) is 17.7 Å². The number of nitrogens with zero attached hydrogens (tertiary/aromatic N) is 1. The average Bonchev–Trinajstić information content (AvgIpc) is 2.42. The average molecular weight is 298 g/mol. The molecular formula is C15H20ClNO3.